The zero-order valence-corrected chi connectivity index (χ0v) is 19.4. The maximum absolute atomic E-state index is 13.3. The van der Waals surface area contributed by atoms with Gasteiger partial charge in [0, 0.05) is 0 Å². The quantitative estimate of drug-likeness (QED) is 0.268. The molecule has 0 atom stereocenters. The van der Waals surface area contributed by atoms with Crippen LogP contribution in [0.5, 0.6) is 0 Å². The number of benzene rings is 4. The molecule has 5 rings (SSSR count). The van der Waals surface area contributed by atoms with Gasteiger partial charge in [0.05, 0.1) is 22.4 Å². The second kappa shape index (κ2) is 9.03. The Bertz CT molecular complexity index is 1400. The van der Waals surface area contributed by atoms with Crippen LogP contribution in [0.25, 0.3) is 0 Å². The highest BCUT2D eigenvalue weighted by Crippen LogP contribution is 2.33. The lowest BCUT2D eigenvalue weighted by atomic mass is 10.0. The highest BCUT2D eigenvalue weighted by Gasteiger charge is 2.38. The Hall–Kier alpha value is -4.51. The summed E-state index contributed by atoms with van der Waals surface area (Å²) in [5.41, 5.74) is 4.66. The third kappa shape index (κ3) is 4.13. The molecule has 0 aliphatic carbocycles. The smallest absolute Gasteiger partial charge is 0.339 e. The van der Waals surface area contributed by atoms with Crippen LogP contribution >= 0.6 is 0 Å². The normalized spacial score (nSPS) is 12.7. The Morgan fingerprint density at radius 3 is 1.94 bits per heavy atom. The molecule has 4 aromatic rings. The molecular weight excluding hydrogens is 438 g/mol. The lowest BCUT2D eigenvalue weighted by Crippen LogP contribution is -2.30. The van der Waals surface area contributed by atoms with E-state index in [0.717, 1.165) is 22.3 Å². The van der Waals surface area contributed by atoms with Gasteiger partial charge in [-0.2, -0.15) is 0 Å². The van der Waals surface area contributed by atoms with Crippen LogP contribution in [-0.2, 0) is 4.74 Å². The van der Waals surface area contributed by atoms with Crippen molar-refractivity contribution in [3.8, 4) is 0 Å². The summed E-state index contributed by atoms with van der Waals surface area (Å²) < 4.78 is 5.93. The predicted molar refractivity (Wildman–Crippen MR) is 134 cm³/mol. The van der Waals surface area contributed by atoms with E-state index in [0.29, 0.717) is 5.69 Å². The van der Waals surface area contributed by atoms with Gasteiger partial charge >= 0.3 is 5.97 Å². The van der Waals surface area contributed by atoms with E-state index in [4.69, 9.17) is 4.74 Å². The standard InChI is InChI=1S/C30H23NO4/c1-19-13-14-20(2)26(17-19)31-28(32)24-16-15-23(18-25(24)29(31)33)30(34)35-27(21-9-5-3-6-10-21)22-11-7-4-8-12-22/h3-18,27H,1-2H3. The van der Waals surface area contributed by atoms with Crippen LogP contribution in [0.15, 0.2) is 97.1 Å². The number of amides is 2. The van der Waals surface area contributed by atoms with Crippen LogP contribution in [0.1, 0.15) is 59.4 Å². The molecule has 0 saturated heterocycles. The number of hydrogen-bond donors (Lipinski definition) is 0. The van der Waals surface area contributed by atoms with Gasteiger partial charge in [-0.25, -0.2) is 9.69 Å². The van der Waals surface area contributed by atoms with E-state index < -0.39 is 23.9 Å². The summed E-state index contributed by atoms with van der Waals surface area (Å²) in [6.07, 6.45) is -0.609. The first-order valence-corrected chi connectivity index (χ1v) is 11.3. The van der Waals surface area contributed by atoms with E-state index in [-0.39, 0.29) is 16.7 Å². The summed E-state index contributed by atoms with van der Waals surface area (Å²) in [4.78, 5) is 40.7. The van der Waals surface area contributed by atoms with Gasteiger partial charge in [-0.3, -0.25) is 9.59 Å². The summed E-state index contributed by atoms with van der Waals surface area (Å²) in [5.74, 6) is -1.42. The number of imide groups is 1. The summed E-state index contributed by atoms with van der Waals surface area (Å²) >= 11 is 0. The fourth-order valence-corrected chi connectivity index (χ4v) is 4.31. The molecule has 0 fully saturated rings. The van der Waals surface area contributed by atoms with Crippen molar-refractivity contribution in [3.63, 3.8) is 0 Å². The molecule has 1 aliphatic rings. The number of esters is 1. The zero-order valence-electron chi connectivity index (χ0n) is 19.4. The lowest BCUT2D eigenvalue weighted by molar-refractivity contribution is 0.0378. The molecule has 0 radical (unpaired) electrons. The molecule has 172 valence electrons. The average molecular weight is 462 g/mol. The summed E-state index contributed by atoms with van der Waals surface area (Å²) in [7, 11) is 0. The Morgan fingerprint density at radius 2 is 1.31 bits per heavy atom. The number of aryl methyl sites for hydroxylation is 2. The first-order valence-electron chi connectivity index (χ1n) is 11.3. The Morgan fingerprint density at radius 1 is 0.714 bits per heavy atom. The van der Waals surface area contributed by atoms with Gasteiger partial charge in [-0.05, 0) is 60.4 Å². The number of ether oxygens (including phenoxy) is 1. The molecule has 0 bridgehead atoms. The molecule has 0 unspecified atom stereocenters. The Balaban J connectivity index is 1.47. The Kier molecular flexibility index (Phi) is 5.75. The van der Waals surface area contributed by atoms with Crippen LogP contribution in [-0.4, -0.2) is 17.8 Å². The monoisotopic (exact) mass is 461 g/mol. The molecule has 1 heterocycles. The molecule has 4 aromatic carbocycles. The van der Waals surface area contributed by atoms with Crippen LogP contribution in [0.2, 0.25) is 0 Å². The fourth-order valence-electron chi connectivity index (χ4n) is 4.31. The van der Waals surface area contributed by atoms with Crippen molar-refractivity contribution in [1.29, 1.82) is 0 Å². The van der Waals surface area contributed by atoms with Gasteiger partial charge in [0.25, 0.3) is 11.8 Å². The van der Waals surface area contributed by atoms with Crippen LogP contribution < -0.4 is 4.90 Å². The van der Waals surface area contributed by atoms with Crippen molar-refractivity contribution < 1.29 is 19.1 Å². The minimum Gasteiger partial charge on any atom is -0.449 e. The number of anilines is 1. The van der Waals surface area contributed by atoms with Gasteiger partial charge in [0.15, 0.2) is 6.10 Å². The average Bonchev–Trinajstić information content (AvgIpc) is 3.14. The van der Waals surface area contributed by atoms with E-state index in [2.05, 4.69) is 0 Å². The van der Waals surface area contributed by atoms with E-state index in [1.807, 2.05) is 92.7 Å². The molecule has 0 spiro atoms. The van der Waals surface area contributed by atoms with Crippen molar-refractivity contribution in [2.75, 3.05) is 4.90 Å². The highest BCUT2D eigenvalue weighted by atomic mass is 16.5. The molecule has 1 aliphatic heterocycles. The first-order chi connectivity index (χ1) is 16.9. The van der Waals surface area contributed by atoms with Gasteiger partial charge < -0.3 is 4.74 Å². The first kappa shape index (κ1) is 22.3. The van der Waals surface area contributed by atoms with Crippen molar-refractivity contribution >= 4 is 23.5 Å². The van der Waals surface area contributed by atoms with E-state index in [9.17, 15) is 14.4 Å². The number of carbonyl (C=O) groups is 3. The van der Waals surface area contributed by atoms with Gasteiger partial charge in [-0.1, -0.05) is 72.8 Å². The predicted octanol–water partition coefficient (Wildman–Crippen LogP) is 6.05. The SMILES string of the molecule is Cc1ccc(C)c(N2C(=O)c3ccc(C(=O)OC(c4ccccc4)c4ccccc4)cc3C2=O)c1. The van der Waals surface area contributed by atoms with E-state index >= 15 is 0 Å². The van der Waals surface area contributed by atoms with Crippen molar-refractivity contribution in [1.82, 2.24) is 0 Å². The minimum absolute atomic E-state index is 0.196. The third-order valence-electron chi connectivity index (χ3n) is 6.16. The largest absolute Gasteiger partial charge is 0.449 e. The fraction of sp³-hybridized carbons (Fsp3) is 0.100. The van der Waals surface area contributed by atoms with Crippen LogP contribution in [0.3, 0.4) is 0 Å². The molecule has 5 nitrogen and oxygen atoms in total. The number of carbonyl (C=O) groups excluding carboxylic acids is 3. The number of rotatable bonds is 5. The molecule has 0 aromatic heterocycles. The molecule has 35 heavy (non-hydrogen) atoms. The van der Waals surface area contributed by atoms with Gasteiger partial charge in [-0.15, -0.1) is 0 Å². The van der Waals surface area contributed by atoms with Gasteiger partial charge in [0.2, 0.25) is 0 Å². The number of nitrogens with zero attached hydrogens (tertiary/aromatic N) is 1. The minimum atomic E-state index is -0.609. The maximum atomic E-state index is 13.3. The molecular formula is C30H23NO4. The molecule has 0 N–H and O–H groups in total. The second-order valence-electron chi connectivity index (χ2n) is 8.60. The van der Waals surface area contributed by atoms with Crippen molar-refractivity contribution in [3.05, 3.63) is 136 Å². The summed E-state index contributed by atoms with van der Waals surface area (Å²) in [5, 5.41) is 0. The third-order valence-corrected chi connectivity index (χ3v) is 6.16. The second-order valence-corrected chi connectivity index (χ2v) is 8.60. The van der Waals surface area contributed by atoms with Crippen molar-refractivity contribution in [2.45, 2.75) is 20.0 Å². The molecule has 2 amide bonds. The Labute approximate surface area is 203 Å². The molecule has 0 saturated carbocycles. The van der Waals surface area contributed by atoms with Crippen molar-refractivity contribution in [2.24, 2.45) is 0 Å². The summed E-state index contributed by atoms with van der Waals surface area (Å²) in [6.45, 7) is 3.76. The van der Waals surface area contributed by atoms with Gasteiger partial charge in [0.1, 0.15) is 0 Å². The topological polar surface area (TPSA) is 63.7 Å². The van der Waals surface area contributed by atoms with E-state index in [1.54, 1.807) is 0 Å². The summed E-state index contributed by atoms with van der Waals surface area (Å²) in [6, 6.07) is 29.1. The maximum Gasteiger partial charge on any atom is 0.339 e. The number of fused-ring (bicyclic) bond motifs is 1. The van der Waals surface area contributed by atoms with E-state index in [1.165, 1.54) is 23.1 Å². The van der Waals surface area contributed by atoms with Crippen LogP contribution in [0.4, 0.5) is 5.69 Å². The highest BCUT2D eigenvalue weighted by molar-refractivity contribution is 6.35. The molecule has 5 heteroatoms. The number of hydrogen-bond acceptors (Lipinski definition) is 4. The lowest BCUT2D eigenvalue weighted by Gasteiger charge is -2.19. The van der Waals surface area contributed by atoms with Crippen LogP contribution in [0, 0.1) is 13.8 Å². The zero-order chi connectivity index (χ0) is 24.5.